The molecule has 0 aromatic rings. The Morgan fingerprint density at radius 3 is 2.79 bits per heavy atom. The summed E-state index contributed by atoms with van der Waals surface area (Å²) < 4.78 is 5.41. The zero-order valence-corrected chi connectivity index (χ0v) is 12.6. The molecule has 2 rings (SSSR count). The smallest absolute Gasteiger partial charge is 0.0594 e. The second-order valence-electron chi connectivity index (χ2n) is 5.97. The van der Waals surface area contributed by atoms with Crippen LogP contribution in [0.2, 0.25) is 0 Å². The summed E-state index contributed by atoms with van der Waals surface area (Å²) in [7, 11) is 0. The molecule has 2 saturated heterocycles. The highest BCUT2D eigenvalue weighted by atomic mass is 16.5. The monoisotopic (exact) mass is 269 g/mol. The van der Waals surface area contributed by atoms with Gasteiger partial charge in [-0.2, -0.15) is 0 Å². The Bertz CT molecular complexity index is 225. The van der Waals surface area contributed by atoms with Crippen molar-refractivity contribution in [3.05, 3.63) is 0 Å². The Kier molecular flexibility index (Phi) is 7.14. The minimum absolute atomic E-state index is 0.866. The van der Waals surface area contributed by atoms with Crippen LogP contribution < -0.4 is 5.32 Å². The molecule has 4 heteroatoms. The lowest BCUT2D eigenvalue weighted by molar-refractivity contribution is 0.0323. The number of nitrogens with zero attached hydrogens (tertiary/aromatic N) is 2. The number of hydrogen-bond donors (Lipinski definition) is 1. The molecule has 2 fully saturated rings. The predicted molar refractivity (Wildman–Crippen MR) is 79.6 cm³/mol. The number of ether oxygens (including phenoxy) is 1. The fourth-order valence-corrected chi connectivity index (χ4v) is 3.16. The van der Waals surface area contributed by atoms with E-state index < -0.39 is 0 Å². The standard InChI is InChI=1S/C15H31N3O/c1-2-6-18(14-15-4-3-5-16-13-15)8-7-17-9-11-19-12-10-17/h15-16H,2-14H2,1H3. The first-order valence-electron chi connectivity index (χ1n) is 8.11. The van der Waals surface area contributed by atoms with E-state index in [-0.39, 0.29) is 0 Å². The highest BCUT2D eigenvalue weighted by molar-refractivity contribution is 4.74. The molecule has 0 aliphatic carbocycles. The van der Waals surface area contributed by atoms with Crippen LogP contribution in [0.3, 0.4) is 0 Å². The van der Waals surface area contributed by atoms with Gasteiger partial charge in [0.25, 0.3) is 0 Å². The molecular weight excluding hydrogens is 238 g/mol. The van der Waals surface area contributed by atoms with Crippen LogP contribution in [0.4, 0.5) is 0 Å². The molecule has 1 atom stereocenters. The van der Waals surface area contributed by atoms with Gasteiger partial charge < -0.3 is 15.0 Å². The third-order valence-corrected chi connectivity index (χ3v) is 4.29. The van der Waals surface area contributed by atoms with Crippen molar-refractivity contribution >= 4 is 0 Å². The average molecular weight is 269 g/mol. The van der Waals surface area contributed by atoms with E-state index in [4.69, 9.17) is 4.74 Å². The topological polar surface area (TPSA) is 27.7 Å². The van der Waals surface area contributed by atoms with Gasteiger partial charge in [0.05, 0.1) is 13.2 Å². The minimum Gasteiger partial charge on any atom is -0.379 e. The zero-order chi connectivity index (χ0) is 13.3. The van der Waals surface area contributed by atoms with Crippen LogP contribution in [0, 0.1) is 5.92 Å². The SMILES string of the molecule is CCCN(CCN1CCOCC1)CC1CCCNC1. The summed E-state index contributed by atoms with van der Waals surface area (Å²) in [5.74, 6) is 0.866. The average Bonchev–Trinajstić information content (AvgIpc) is 2.47. The Morgan fingerprint density at radius 2 is 2.11 bits per heavy atom. The van der Waals surface area contributed by atoms with Crippen molar-refractivity contribution in [2.75, 3.05) is 65.6 Å². The van der Waals surface area contributed by atoms with Gasteiger partial charge in [-0.25, -0.2) is 0 Å². The number of piperidine rings is 1. The van der Waals surface area contributed by atoms with Crippen molar-refractivity contribution in [2.45, 2.75) is 26.2 Å². The summed E-state index contributed by atoms with van der Waals surface area (Å²) >= 11 is 0. The molecule has 0 amide bonds. The van der Waals surface area contributed by atoms with E-state index in [1.807, 2.05) is 0 Å². The van der Waals surface area contributed by atoms with E-state index in [1.165, 1.54) is 58.5 Å². The van der Waals surface area contributed by atoms with E-state index in [2.05, 4.69) is 22.0 Å². The summed E-state index contributed by atoms with van der Waals surface area (Å²) in [5.41, 5.74) is 0. The van der Waals surface area contributed by atoms with Crippen LogP contribution >= 0.6 is 0 Å². The van der Waals surface area contributed by atoms with Gasteiger partial charge in [-0.05, 0) is 44.8 Å². The van der Waals surface area contributed by atoms with Crippen LogP contribution in [0.5, 0.6) is 0 Å². The van der Waals surface area contributed by atoms with Gasteiger partial charge in [0.1, 0.15) is 0 Å². The van der Waals surface area contributed by atoms with Gasteiger partial charge in [-0.1, -0.05) is 6.92 Å². The molecule has 2 heterocycles. The van der Waals surface area contributed by atoms with Crippen molar-refractivity contribution in [1.29, 1.82) is 0 Å². The molecular formula is C15H31N3O. The molecule has 0 aromatic heterocycles. The van der Waals surface area contributed by atoms with Crippen molar-refractivity contribution in [3.63, 3.8) is 0 Å². The Balaban J connectivity index is 1.68. The van der Waals surface area contributed by atoms with Crippen LogP contribution in [0.1, 0.15) is 26.2 Å². The van der Waals surface area contributed by atoms with Crippen LogP contribution in [0.25, 0.3) is 0 Å². The zero-order valence-electron chi connectivity index (χ0n) is 12.6. The van der Waals surface area contributed by atoms with Gasteiger partial charge >= 0.3 is 0 Å². The summed E-state index contributed by atoms with van der Waals surface area (Å²) in [5, 5.41) is 3.53. The van der Waals surface area contributed by atoms with E-state index in [0.717, 1.165) is 32.2 Å². The molecule has 112 valence electrons. The summed E-state index contributed by atoms with van der Waals surface area (Å²) in [6.45, 7) is 13.8. The maximum atomic E-state index is 5.41. The fourth-order valence-electron chi connectivity index (χ4n) is 3.16. The lowest BCUT2D eigenvalue weighted by Gasteiger charge is -2.33. The van der Waals surface area contributed by atoms with Crippen LogP contribution in [-0.4, -0.2) is 75.4 Å². The first kappa shape index (κ1) is 15.2. The van der Waals surface area contributed by atoms with Gasteiger partial charge in [0.15, 0.2) is 0 Å². The van der Waals surface area contributed by atoms with E-state index in [9.17, 15) is 0 Å². The van der Waals surface area contributed by atoms with E-state index >= 15 is 0 Å². The van der Waals surface area contributed by atoms with Crippen LogP contribution in [-0.2, 0) is 4.74 Å². The normalized spacial score (nSPS) is 25.9. The molecule has 0 radical (unpaired) electrons. The first-order valence-corrected chi connectivity index (χ1v) is 8.11. The summed E-state index contributed by atoms with van der Waals surface area (Å²) in [4.78, 5) is 5.22. The second-order valence-corrected chi connectivity index (χ2v) is 5.97. The van der Waals surface area contributed by atoms with Crippen molar-refractivity contribution < 1.29 is 4.74 Å². The Hall–Kier alpha value is -0.160. The molecule has 2 aliphatic rings. The van der Waals surface area contributed by atoms with Gasteiger partial charge in [-0.3, -0.25) is 4.90 Å². The molecule has 0 saturated carbocycles. The Labute approximate surface area is 118 Å². The maximum Gasteiger partial charge on any atom is 0.0594 e. The van der Waals surface area contributed by atoms with Crippen molar-refractivity contribution in [3.8, 4) is 0 Å². The predicted octanol–water partition coefficient (Wildman–Crippen LogP) is 1.03. The Morgan fingerprint density at radius 1 is 1.26 bits per heavy atom. The molecule has 4 nitrogen and oxygen atoms in total. The van der Waals surface area contributed by atoms with E-state index in [1.54, 1.807) is 0 Å². The largest absolute Gasteiger partial charge is 0.379 e. The number of hydrogen-bond acceptors (Lipinski definition) is 4. The molecule has 19 heavy (non-hydrogen) atoms. The number of rotatable bonds is 7. The number of morpholine rings is 1. The lowest BCUT2D eigenvalue weighted by Crippen LogP contribution is -2.44. The van der Waals surface area contributed by atoms with E-state index in [0.29, 0.717) is 0 Å². The third kappa shape index (κ3) is 5.78. The highest BCUT2D eigenvalue weighted by Crippen LogP contribution is 2.12. The quantitative estimate of drug-likeness (QED) is 0.747. The minimum atomic E-state index is 0.866. The lowest BCUT2D eigenvalue weighted by atomic mass is 9.99. The number of nitrogens with one attached hydrogen (secondary N) is 1. The molecule has 2 aliphatic heterocycles. The highest BCUT2D eigenvalue weighted by Gasteiger charge is 2.17. The second kappa shape index (κ2) is 8.90. The van der Waals surface area contributed by atoms with Crippen molar-refractivity contribution in [1.82, 2.24) is 15.1 Å². The molecule has 0 spiro atoms. The molecule has 1 unspecified atom stereocenters. The van der Waals surface area contributed by atoms with Gasteiger partial charge in [-0.15, -0.1) is 0 Å². The van der Waals surface area contributed by atoms with Crippen molar-refractivity contribution in [2.24, 2.45) is 5.92 Å². The molecule has 0 bridgehead atoms. The van der Waals surface area contributed by atoms with Crippen LogP contribution in [0.15, 0.2) is 0 Å². The van der Waals surface area contributed by atoms with Gasteiger partial charge in [0.2, 0.25) is 0 Å². The first-order chi connectivity index (χ1) is 9.38. The maximum absolute atomic E-state index is 5.41. The van der Waals surface area contributed by atoms with Gasteiger partial charge in [0, 0.05) is 32.7 Å². The molecule has 0 aromatic carbocycles. The summed E-state index contributed by atoms with van der Waals surface area (Å²) in [6, 6.07) is 0. The summed E-state index contributed by atoms with van der Waals surface area (Å²) in [6.07, 6.45) is 4.03. The third-order valence-electron chi connectivity index (χ3n) is 4.29. The fraction of sp³-hybridized carbons (Fsp3) is 1.00. The molecule has 1 N–H and O–H groups in total.